The van der Waals surface area contributed by atoms with Crippen LogP contribution >= 0.6 is 0 Å². The summed E-state index contributed by atoms with van der Waals surface area (Å²) in [5.74, 6) is 0.572. The van der Waals surface area contributed by atoms with Crippen molar-refractivity contribution < 1.29 is 13.2 Å². The largest absolute Gasteiger partial charge is 0.338 e. The van der Waals surface area contributed by atoms with Crippen LogP contribution in [-0.2, 0) is 9.84 Å². The average molecular weight is 320 g/mol. The Hall–Kier alpha value is -2.22. The molecule has 3 heterocycles. The third-order valence-electron chi connectivity index (χ3n) is 3.84. The van der Waals surface area contributed by atoms with E-state index in [1.54, 1.807) is 48.7 Å². The van der Waals surface area contributed by atoms with E-state index in [1.807, 2.05) is 0 Å². The number of imidazole rings is 1. The quantitative estimate of drug-likeness (QED) is 0.823. The van der Waals surface area contributed by atoms with Crippen LogP contribution in [0.15, 0.2) is 37.1 Å². The van der Waals surface area contributed by atoms with Crippen molar-refractivity contribution in [2.45, 2.75) is 12.5 Å². The number of hydrogen-bond acceptors (Lipinski definition) is 5. The molecule has 0 aliphatic carbocycles. The summed E-state index contributed by atoms with van der Waals surface area (Å²) in [7, 11) is -1.37. The van der Waals surface area contributed by atoms with Gasteiger partial charge in [-0.05, 0) is 18.6 Å². The van der Waals surface area contributed by atoms with Gasteiger partial charge < -0.3 is 4.90 Å². The van der Waals surface area contributed by atoms with E-state index in [-0.39, 0.29) is 23.5 Å². The standard InChI is InChI=1S/C14H16N4O3S/c1-17(12-3-7-22(20,21)9-12)14(19)11-2-4-16-13(8-11)18-6-5-15-10-18/h2,4-6,8,10,12H,3,7,9H2,1H3/t12-/m1/s1. The van der Waals surface area contributed by atoms with E-state index >= 15 is 0 Å². The Balaban J connectivity index is 1.82. The van der Waals surface area contributed by atoms with E-state index in [0.29, 0.717) is 17.8 Å². The highest BCUT2D eigenvalue weighted by atomic mass is 32.2. The van der Waals surface area contributed by atoms with Gasteiger partial charge in [0, 0.05) is 37.2 Å². The van der Waals surface area contributed by atoms with Crippen molar-refractivity contribution in [3.8, 4) is 5.82 Å². The lowest BCUT2D eigenvalue weighted by Gasteiger charge is -2.23. The molecule has 3 rings (SSSR count). The molecule has 0 N–H and O–H groups in total. The zero-order chi connectivity index (χ0) is 15.7. The van der Waals surface area contributed by atoms with Gasteiger partial charge in [0.1, 0.15) is 12.1 Å². The fourth-order valence-corrected chi connectivity index (χ4v) is 4.31. The van der Waals surface area contributed by atoms with Gasteiger partial charge in [0.05, 0.1) is 11.5 Å². The molecule has 2 aromatic rings. The molecule has 22 heavy (non-hydrogen) atoms. The number of carbonyl (C=O) groups excluding carboxylic acids is 1. The minimum Gasteiger partial charge on any atom is -0.338 e. The minimum atomic E-state index is -3.02. The molecule has 1 amide bonds. The summed E-state index contributed by atoms with van der Waals surface area (Å²) in [6.07, 6.45) is 7.02. The van der Waals surface area contributed by atoms with E-state index in [4.69, 9.17) is 0 Å². The molecule has 0 unspecified atom stereocenters. The predicted molar refractivity (Wildman–Crippen MR) is 80.5 cm³/mol. The lowest BCUT2D eigenvalue weighted by molar-refractivity contribution is 0.0747. The van der Waals surface area contributed by atoms with Crippen molar-refractivity contribution in [2.75, 3.05) is 18.6 Å². The van der Waals surface area contributed by atoms with Gasteiger partial charge in [0.2, 0.25) is 0 Å². The fourth-order valence-electron chi connectivity index (χ4n) is 2.54. The van der Waals surface area contributed by atoms with Gasteiger partial charge in [-0.25, -0.2) is 18.4 Å². The van der Waals surface area contributed by atoms with Gasteiger partial charge >= 0.3 is 0 Å². The Morgan fingerprint density at radius 3 is 2.86 bits per heavy atom. The molecule has 7 nitrogen and oxygen atoms in total. The van der Waals surface area contributed by atoms with Crippen molar-refractivity contribution in [1.82, 2.24) is 19.4 Å². The van der Waals surface area contributed by atoms with E-state index in [9.17, 15) is 13.2 Å². The topological polar surface area (TPSA) is 85.2 Å². The Labute approximate surface area is 128 Å². The van der Waals surface area contributed by atoms with Crippen LogP contribution in [0.3, 0.4) is 0 Å². The van der Waals surface area contributed by atoms with Crippen LogP contribution in [-0.4, -0.2) is 58.4 Å². The molecule has 116 valence electrons. The second-order valence-corrected chi connectivity index (χ2v) is 7.57. The molecule has 8 heteroatoms. The minimum absolute atomic E-state index is 0.0364. The Morgan fingerprint density at radius 1 is 1.41 bits per heavy atom. The zero-order valence-corrected chi connectivity index (χ0v) is 12.9. The second-order valence-electron chi connectivity index (χ2n) is 5.35. The maximum absolute atomic E-state index is 12.5. The highest BCUT2D eigenvalue weighted by Crippen LogP contribution is 2.19. The van der Waals surface area contributed by atoms with Gasteiger partial charge in [0.25, 0.3) is 5.91 Å². The molecule has 1 atom stereocenters. The van der Waals surface area contributed by atoms with Crippen molar-refractivity contribution in [2.24, 2.45) is 0 Å². The summed E-state index contributed by atoms with van der Waals surface area (Å²) in [5.41, 5.74) is 0.477. The van der Waals surface area contributed by atoms with Crippen LogP contribution in [0.5, 0.6) is 0 Å². The van der Waals surface area contributed by atoms with Crippen LogP contribution in [0.2, 0.25) is 0 Å². The molecule has 1 saturated heterocycles. The normalized spacial score (nSPS) is 20.0. The predicted octanol–water partition coefficient (Wildman–Crippen LogP) is 0.526. The number of carbonyl (C=O) groups is 1. The van der Waals surface area contributed by atoms with E-state index in [1.165, 1.54) is 4.90 Å². The van der Waals surface area contributed by atoms with Gasteiger partial charge in [-0.3, -0.25) is 9.36 Å². The summed E-state index contributed by atoms with van der Waals surface area (Å²) < 4.78 is 24.8. The molecule has 0 saturated carbocycles. The first kappa shape index (κ1) is 14.7. The number of sulfone groups is 1. The molecule has 1 fully saturated rings. The Bertz CT molecular complexity index is 786. The van der Waals surface area contributed by atoms with Crippen LogP contribution in [0.1, 0.15) is 16.8 Å². The third kappa shape index (κ3) is 2.87. The number of pyridine rings is 1. The molecule has 1 aliphatic rings. The first-order valence-corrected chi connectivity index (χ1v) is 8.70. The highest BCUT2D eigenvalue weighted by Gasteiger charge is 2.33. The Kier molecular flexibility index (Phi) is 3.69. The van der Waals surface area contributed by atoms with Crippen LogP contribution in [0.4, 0.5) is 0 Å². The fraction of sp³-hybridized carbons (Fsp3) is 0.357. The average Bonchev–Trinajstić information content (AvgIpc) is 3.15. The van der Waals surface area contributed by atoms with Crippen LogP contribution in [0, 0.1) is 0 Å². The summed E-state index contributed by atoms with van der Waals surface area (Å²) in [5, 5.41) is 0. The Morgan fingerprint density at radius 2 is 2.23 bits per heavy atom. The second kappa shape index (κ2) is 5.53. The lowest BCUT2D eigenvalue weighted by atomic mass is 10.2. The third-order valence-corrected chi connectivity index (χ3v) is 5.59. The van der Waals surface area contributed by atoms with Crippen LogP contribution < -0.4 is 0 Å². The number of rotatable bonds is 3. The van der Waals surface area contributed by atoms with E-state index in [0.717, 1.165) is 0 Å². The molecule has 1 aliphatic heterocycles. The smallest absolute Gasteiger partial charge is 0.254 e. The molecule has 0 aromatic carbocycles. The first-order chi connectivity index (χ1) is 10.5. The lowest BCUT2D eigenvalue weighted by Crippen LogP contribution is -2.37. The maximum atomic E-state index is 12.5. The molecule has 2 aromatic heterocycles. The van der Waals surface area contributed by atoms with Gasteiger partial charge in [0.15, 0.2) is 9.84 Å². The highest BCUT2D eigenvalue weighted by molar-refractivity contribution is 7.91. The summed E-state index contributed by atoms with van der Waals surface area (Å²) in [6, 6.07) is 3.04. The van der Waals surface area contributed by atoms with Crippen LogP contribution in [0.25, 0.3) is 5.82 Å². The molecule has 0 bridgehead atoms. The molecular formula is C14H16N4O3S. The summed E-state index contributed by atoms with van der Waals surface area (Å²) in [6.45, 7) is 0. The molecule has 0 spiro atoms. The SMILES string of the molecule is CN(C(=O)c1ccnc(-n2ccnc2)c1)[C@@H]1CCS(=O)(=O)C1. The van der Waals surface area contributed by atoms with Gasteiger partial charge in [-0.1, -0.05) is 0 Å². The number of hydrogen-bond donors (Lipinski definition) is 0. The van der Waals surface area contributed by atoms with E-state index < -0.39 is 9.84 Å². The number of aromatic nitrogens is 3. The summed E-state index contributed by atoms with van der Waals surface area (Å²) in [4.78, 5) is 22.2. The number of nitrogens with zero attached hydrogens (tertiary/aromatic N) is 4. The summed E-state index contributed by atoms with van der Waals surface area (Å²) >= 11 is 0. The maximum Gasteiger partial charge on any atom is 0.254 e. The van der Waals surface area contributed by atoms with Gasteiger partial charge in [-0.15, -0.1) is 0 Å². The van der Waals surface area contributed by atoms with E-state index in [2.05, 4.69) is 9.97 Å². The zero-order valence-electron chi connectivity index (χ0n) is 12.1. The molecule has 0 radical (unpaired) electrons. The van der Waals surface area contributed by atoms with Crippen molar-refractivity contribution >= 4 is 15.7 Å². The number of amides is 1. The molecular weight excluding hydrogens is 304 g/mol. The van der Waals surface area contributed by atoms with Crippen molar-refractivity contribution in [3.63, 3.8) is 0 Å². The van der Waals surface area contributed by atoms with Gasteiger partial charge in [-0.2, -0.15) is 0 Å². The van der Waals surface area contributed by atoms with Crippen molar-refractivity contribution in [1.29, 1.82) is 0 Å². The first-order valence-electron chi connectivity index (χ1n) is 6.88. The van der Waals surface area contributed by atoms with Crippen molar-refractivity contribution in [3.05, 3.63) is 42.6 Å². The monoisotopic (exact) mass is 320 g/mol.